The molecule has 0 radical (unpaired) electrons. The molecule has 18 heavy (non-hydrogen) atoms. The van der Waals surface area contributed by atoms with Gasteiger partial charge in [-0.1, -0.05) is 38.0 Å². The van der Waals surface area contributed by atoms with Crippen LogP contribution in [0.5, 0.6) is 0 Å². The van der Waals surface area contributed by atoms with E-state index in [2.05, 4.69) is 46.8 Å². The van der Waals surface area contributed by atoms with Crippen molar-refractivity contribution in [1.29, 1.82) is 0 Å². The fourth-order valence-corrected chi connectivity index (χ4v) is 3.15. The molecule has 1 aliphatic carbocycles. The maximum atomic E-state index is 9.90. The Bertz CT molecular complexity index is 310. The van der Waals surface area contributed by atoms with Gasteiger partial charge < -0.3 is 5.11 Å². The second kappa shape index (κ2) is 7.13. The zero-order valence-electron chi connectivity index (χ0n) is 12.7. The summed E-state index contributed by atoms with van der Waals surface area (Å²) >= 11 is 0. The lowest BCUT2D eigenvalue weighted by Crippen LogP contribution is -2.26. The number of hydrogen-bond donors (Lipinski definition) is 1. The van der Waals surface area contributed by atoms with Crippen LogP contribution >= 0.6 is 0 Å². The van der Waals surface area contributed by atoms with Crippen molar-refractivity contribution in [3.8, 4) is 0 Å². The zero-order valence-corrected chi connectivity index (χ0v) is 12.7. The quantitative estimate of drug-likeness (QED) is 0.700. The van der Waals surface area contributed by atoms with E-state index in [1.54, 1.807) is 0 Å². The largest absolute Gasteiger partial charge is 0.388 e. The van der Waals surface area contributed by atoms with Gasteiger partial charge in [-0.15, -0.1) is 0 Å². The minimum atomic E-state index is -0.203. The summed E-state index contributed by atoms with van der Waals surface area (Å²) in [4.78, 5) is 0. The molecule has 1 aliphatic rings. The van der Waals surface area contributed by atoms with Crippen LogP contribution in [-0.2, 0) is 0 Å². The third-order valence-electron chi connectivity index (χ3n) is 4.03. The Hall–Kier alpha value is -0.560. The average molecular weight is 250 g/mol. The highest BCUT2D eigenvalue weighted by Crippen LogP contribution is 2.31. The van der Waals surface area contributed by atoms with Crippen LogP contribution in [0.15, 0.2) is 23.3 Å². The predicted molar refractivity (Wildman–Crippen MR) is 79.5 cm³/mol. The minimum Gasteiger partial charge on any atom is -0.388 e. The highest BCUT2D eigenvalue weighted by Gasteiger charge is 2.24. The molecule has 0 saturated heterocycles. The molecule has 0 aromatic rings. The van der Waals surface area contributed by atoms with E-state index in [9.17, 15) is 5.11 Å². The van der Waals surface area contributed by atoms with Crippen molar-refractivity contribution in [2.75, 3.05) is 0 Å². The van der Waals surface area contributed by atoms with E-state index in [1.165, 1.54) is 30.4 Å². The van der Waals surface area contributed by atoms with Gasteiger partial charge in [-0.05, 0) is 63.4 Å². The Morgan fingerprint density at radius 2 is 2.17 bits per heavy atom. The lowest BCUT2D eigenvalue weighted by atomic mass is 9.79. The maximum absolute atomic E-state index is 9.90. The van der Waals surface area contributed by atoms with Crippen LogP contribution in [0.2, 0.25) is 0 Å². The van der Waals surface area contributed by atoms with Crippen molar-refractivity contribution < 1.29 is 5.11 Å². The molecule has 4 atom stereocenters. The predicted octanol–water partition coefficient (Wildman–Crippen LogP) is 4.72. The van der Waals surface area contributed by atoms with Crippen LogP contribution in [0.4, 0.5) is 0 Å². The average Bonchev–Trinajstić information content (AvgIpc) is 2.24. The Balaban J connectivity index is 2.34. The fraction of sp³-hybridized carbons (Fsp3) is 0.765. The third kappa shape index (κ3) is 4.97. The van der Waals surface area contributed by atoms with Gasteiger partial charge in [0.1, 0.15) is 0 Å². The normalized spacial score (nSPS) is 29.7. The Labute approximate surface area is 113 Å². The van der Waals surface area contributed by atoms with E-state index in [1.807, 2.05) is 0 Å². The molecule has 1 N–H and O–H groups in total. The Kier molecular flexibility index (Phi) is 6.14. The molecular formula is C17H30O. The number of aliphatic hydroxyl groups excluding tert-OH is 1. The molecule has 0 fully saturated rings. The van der Waals surface area contributed by atoms with E-state index >= 15 is 0 Å². The maximum Gasteiger partial charge on any atom is 0.0773 e. The molecule has 1 nitrogen and oxygen atoms in total. The Morgan fingerprint density at radius 3 is 2.72 bits per heavy atom. The molecular weight excluding hydrogens is 220 g/mol. The topological polar surface area (TPSA) is 20.2 Å². The van der Waals surface area contributed by atoms with Crippen LogP contribution < -0.4 is 0 Å². The summed E-state index contributed by atoms with van der Waals surface area (Å²) in [5.41, 5.74) is 2.60. The highest BCUT2D eigenvalue weighted by molar-refractivity contribution is 5.12. The molecule has 0 saturated carbocycles. The van der Waals surface area contributed by atoms with Gasteiger partial charge in [0.05, 0.1) is 6.10 Å². The summed E-state index contributed by atoms with van der Waals surface area (Å²) in [7, 11) is 0. The Morgan fingerprint density at radius 1 is 1.50 bits per heavy atom. The molecule has 0 heterocycles. The molecule has 0 bridgehead atoms. The fourth-order valence-electron chi connectivity index (χ4n) is 3.15. The van der Waals surface area contributed by atoms with Gasteiger partial charge >= 0.3 is 0 Å². The van der Waals surface area contributed by atoms with Crippen molar-refractivity contribution in [3.05, 3.63) is 23.3 Å². The lowest BCUT2D eigenvalue weighted by Gasteiger charge is -2.29. The van der Waals surface area contributed by atoms with Gasteiger partial charge in [0, 0.05) is 0 Å². The first-order valence-electron chi connectivity index (χ1n) is 7.41. The molecule has 104 valence electrons. The molecule has 4 unspecified atom stereocenters. The van der Waals surface area contributed by atoms with Crippen molar-refractivity contribution in [2.45, 2.75) is 66.4 Å². The van der Waals surface area contributed by atoms with E-state index in [4.69, 9.17) is 0 Å². The van der Waals surface area contributed by atoms with E-state index in [-0.39, 0.29) is 6.10 Å². The first-order valence-corrected chi connectivity index (χ1v) is 7.41. The molecule has 0 amide bonds. The molecule has 0 aromatic carbocycles. The van der Waals surface area contributed by atoms with Crippen molar-refractivity contribution in [3.63, 3.8) is 0 Å². The van der Waals surface area contributed by atoms with Crippen molar-refractivity contribution in [2.24, 2.45) is 17.8 Å². The van der Waals surface area contributed by atoms with E-state index in [0.717, 1.165) is 6.42 Å². The van der Waals surface area contributed by atoms with E-state index in [0.29, 0.717) is 17.8 Å². The van der Waals surface area contributed by atoms with Gasteiger partial charge in [-0.3, -0.25) is 0 Å². The van der Waals surface area contributed by atoms with Gasteiger partial charge in [0.2, 0.25) is 0 Å². The summed E-state index contributed by atoms with van der Waals surface area (Å²) in [6, 6.07) is 0. The number of hydrogen-bond acceptors (Lipinski definition) is 1. The summed E-state index contributed by atoms with van der Waals surface area (Å²) in [5, 5.41) is 9.90. The standard InChI is InChI=1S/C17H30O/c1-12(2)9-13(3)7-6-8-16-10-14(4)17(18)15(5)11-16/h9-10,13,15-18H,6-8,11H2,1-5H3. The number of aliphatic hydroxyl groups is 1. The highest BCUT2D eigenvalue weighted by atomic mass is 16.3. The van der Waals surface area contributed by atoms with Gasteiger partial charge in [-0.2, -0.15) is 0 Å². The zero-order chi connectivity index (χ0) is 13.7. The smallest absolute Gasteiger partial charge is 0.0773 e. The van der Waals surface area contributed by atoms with Gasteiger partial charge in [0.25, 0.3) is 0 Å². The SMILES string of the molecule is CC(C)=CC(C)CCCC1C=C(C)C(O)C(C)C1. The molecule has 0 spiro atoms. The summed E-state index contributed by atoms with van der Waals surface area (Å²) in [6.07, 6.45) is 9.47. The monoisotopic (exact) mass is 250 g/mol. The van der Waals surface area contributed by atoms with Crippen LogP contribution in [0.3, 0.4) is 0 Å². The summed E-state index contributed by atoms with van der Waals surface area (Å²) in [6.45, 7) is 10.9. The second-order valence-electron chi connectivity index (χ2n) is 6.48. The lowest BCUT2D eigenvalue weighted by molar-refractivity contribution is 0.125. The third-order valence-corrected chi connectivity index (χ3v) is 4.03. The van der Waals surface area contributed by atoms with Gasteiger partial charge in [-0.25, -0.2) is 0 Å². The minimum absolute atomic E-state index is 0.203. The van der Waals surface area contributed by atoms with Crippen LogP contribution in [0.25, 0.3) is 0 Å². The number of rotatable bonds is 5. The summed E-state index contributed by atoms with van der Waals surface area (Å²) in [5.74, 6) is 1.81. The van der Waals surface area contributed by atoms with Gasteiger partial charge in [0.15, 0.2) is 0 Å². The molecule has 1 heteroatoms. The van der Waals surface area contributed by atoms with Crippen molar-refractivity contribution in [1.82, 2.24) is 0 Å². The second-order valence-corrected chi connectivity index (χ2v) is 6.48. The van der Waals surface area contributed by atoms with Crippen LogP contribution in [0.1, 0.15) is 60.3 Å². The number of allylic oxidation sites excluding steroid dienone is 3. The van der Waals surface area contributed by atoms with Crippen LogP contribution in [0, 0.1) is 17.8 Å². The first-order chi connectivity index (χ1) is 8.40. The molecule has 0 aromatic heterocycles. The van der Waals surface area contributed by atoms with Crippen LogP contribution in [-0.4, -0.2) is 11.2 Å². The van der Waals surface area contributed by atoms with E-state index < -0.39 is 0 Å². The van der Waals surface area contributed by atoms with Crippen molar-refractivity contribution >= 4 is 0 Å². The summed E-state index contributed by atoms with van der Waals surface area (Å²) < 4.78 is 0. The molecule has 1 rings (SSSR count). The first kappa shape index (κ1) is 15.5. The molecule has 0 aliphatic heterocycles.